The molecule has 3 fully saturated rings. The first-order chi connectivity index (χ1) is 18.4. The Morgan fingerprint density at radius 1 is 1.13 bits per heavy atom. The second-order valence-corrected chi connectivity index (χ2v) is 11.2. The van der Waals surface area contributed by atoms with Crippen LogP contribution in [0.1, 0.15) is 57.9 Å². The summed E-state index contributed by atoms with van der Waals surface area (Å²) >= 11 is 0. The third kappa shape index (κ3) is 4.87. The smallest absolute Gasteiger partial charge is 0.256 e. The van der Waals surface area contributed by atoms with Crippen molar-refractivity contribution in [2.75, 3.05) is 28.8 Å². The predicted octanol–water partition coefficient (Wildman–Crippen LogP) is 4.93. The molecule has 0 aliphatic carbocycles. The zero-order chi connectivity index (χ0) is 26.4. The van der Waals surface area contributed by atoms with Crippen LogP contribution in [0.4, 0.5) is 27.3 Å². The molecule has 1 amide bonds. The number of benzene rings is 1. The van der Waals surface area contributed by atoms with E-state index in [1.54, 1.807) is 12.0 Å². The molecule has 1 N–H and O–H groups in total. The first kappa shape index (κ1) is 25.5. The monoisotopic (exact) mass is 524 g/mol. The topological polar surface area (TPSA) is 76.2 Å². The van der Waals surface area contributed by atoms with Crippen LogP contribution in [0, 0.1) is 5.82 Å². The van der Waals surface area contributed by atoms with Crippen molar-refractivity contribution in [2.24, 2.45) is 0 Å². The van der Waals surface area contributed by atoms with Gasteiger partial charge in [0.2, 0.25) is 0 Å². The van der Waals surface area contributed by atoms with Crippen LogP contribution in [0.2, 0.25) is 0 Å². The number of methoxy groups -OCH3 is 1. The Hall–Kier alpha value is -2.75. The molecule has 2 aromatic rings. The maximum atomic E-state index is 14.2. The van der Waals surface area contributed by atoms with Crippen LogP contribution in [0.15, 0.2) is 30.5 Å². The van der Waals surface area contributed by atoms with Crippen molar-refractivity contribution in [1.29, 1.82) is 0 Å². The summed E-state index contributed by atoms with van der Waals surface area (Å²) in [6.45, 7) is 4.61. The van der Waals surface area contributed by atoms with E-state index in [9.17, 15) is 9.18 Å². The lowest BCUT2D eigenvalue weighted by molar-refractivity contribution is -0.143. The summed E-state index contributed by atoms with van der Waals surface area (Å²) in [5, 5.41) is 3.36. The molecular formula is C29H37FN4O4. The van der Waals surface area contributed by atoms with Crippen molar-refractivity contribution >= 4 is 28.8 Å². The molecule has 1 aromatic heterocycles. The number of nitrogens with one attached hydrogen (secondary N) is 1. The summed E-state index contributed by atoms with van der Waals surface area (Å²) in [4.78, 5) is 22.5. The highest BCUT2D eigenvalue weighted by Gasteiger charge is 2.42. The summed E-state index contributed by atoms with van der Waals surface area (Å²) in [5.74, 6) is 0.0165. The highest BCUT2D eigenvalue weighted by atomic mass is 19.1. The number of hydrogen-bond donors (Lipinski definition) is 1. The van der Waals surface area contributed by atoms with Gasteiger partial charge in [0.25, 0.3) is 5.91 Å². The van der Waals surface area contributed by atoms with E-state index in [-0.39, 0.29) is 24.7 Å². The number of piperidine rings is 1. The van der Waals surface area contributed by atoms with Gasteiger partial charge in [-0.3, -0.25) is 4.79 Å². The molecule has 2 bridgehead atoms. The van der Waals surface area contributed by atoms with Crippen molar-refractivity contribution in [3.05, 3.63) is 41.8 Å². The molecular weight excluding hydrogens is 487 g/mol. The van der Waals surface area contributed by atoms with Gasteiger partial charge in [0.05, 0.1) is 49.0 Å². The molecule has 0 saturated carbocycles. The lowest BCUT2D eigenvalue weighted by atomic mass is 9.98. The summed E-state index contributed by atoms with van der Waals surface area (Å²) in [7, 11) is 1.80. The molecule has 9 heteroatoms. The van der Waals surface area contributed by atoms with Gasteiger partial charge in [0, 0.05) is 30.4 Å². The molecule has 38 heavy (non-hydrogen) atoms. The van der Waals surface area contributed by atoms with Crippen LogP contribution in [0.25, 0.3) is 0 Å². The van der Waals surface area contributed by atoms with E-state index in [0.29, 0.717) is 42.6 Å². The number of ether oxygens (including phenoxy) is 3. The molecule has 5 atom stereocenters. The molecule has 3 saturated heterocycles. The average molecular weight is 525 g/mol. The fourth-order valence-corrected chi connectivity index (χ4v) is 6.63. The number of carbonyl (C=O) groups excluding carboxylic acids is 1. The van der Waals surface area contributed by atoms with Crippen molar-refractivity contribution in [3.63, 3.8) is 0 Å². The molecule has 6 rings (SSSR count). The number of aromatic nitrogens is 1. The molecule has 4 aliphatic heterocycles. The van der Waals surface area contributed by atoms with Gasteiger partial charge >= 0.3 is 0 Å². The molecule has 0 spiro atoms. The van der Waals surface area contributed by atoms with Gasteiger partial charge in [0.15, 0.2) is 0 Å². The number of anilines is 4. The van der Waals surface area contributed by atoms with E-state index < -0.39 is 11.9 Å². The maximum Gasteiger partial charge on any atom is 0.256 e. The highest BCUT2D eigenvalue weighted by Crippen LogP contribution is 2.44. The number of nitrogens with zero attached hydrogens (tertiary/aromatic N) is 3. The number of hydrogen-bond acceptors (Lipinski definition) is 7. The van der Waals surface area contributed by atoms with Gasteiger partial charge in [-0.15, -0.1) is 0 Å². The number of rotatable bonds is 5. The van der Waals surface area contributed by atoms with Gasteiger partial charge in [-0.1, -0.05) is 0 Å². The summed E-state index contributed by atoms with van der Waals surface area (Å²) in [6, 6.07) is 8.54. The lowest BCUT2D eigenvalue weighted by Gasteiger charge is -2.40. The fraction of sp³-hybridized carbons (Fsp3) is 0.586. The highest BCUT2D eigenvalue weighted by molar-refractivity contribution is 6.01. The first-order valence-electron chi connectivity index (χ1n) is 13.8. The quantitative estimate of drug-likeness (QED) is 0.594. The summed E-state index contributed by atoms with van der Waals surface area (Å²) < 4.78 is 31.8. The van der Waals surface area contributed by atoms with E-state index in [1.165, 1.54) is 12.3 Å². The Balaban J connectivity index is 1.32. The average Bonchev–Trinajstić information content (AvgIpc) is 3.07. The zero-order valence-corrected chi connectivity index (χ0v) is 22.4. The van der Waals surface area contributed by atoms with Gasteiger partial charge in [-0.25, -0.2) is 9.37 Å². The van der Waals surface area contributed by atoms with Crippen molar-refractivity contribution < 1.29 is 23.4 Å². The normalized spacial score (nSPS) is 28.5. The Bertz CT molecular complexity index is 1170. The van der Waals surface area contributed by atoms with Gasteiger partial charge in [-0.05, 0) is 76.6 Å². The number of pyridine rings is 1. The van der Waals surface area contributed by atoms with Crippen LogP contribution in [0.5, 0.6) is 0 Å². The number of fused-ring (bicyclic) bond motifs is 4. The van der Waals surface area contributed by atoms with Crippen LogP contribution in [-0.2, 0) is 25.5 Å². The van der Waals surface area contributed by atoms with E-state index in [4.69, 9.17) is 14.2 Å². The Morgan fingerprint density at radius 2 is 1.92 bits per heavy atom. The second-order valence-electron chi connectivity index (χ2n) is 11.2. The van der Waals surface area contributed by atoms with Crippen LogP contribution < -0.4 is 15.1 Å². The molecule has 5 heterocycles. The van der Waals surface area contributed by atoms with Gasteiger partial charge in [0.1, 0.15) is 17.7 Å². The first-order valence-corrected chi connectivity index (χ1v) is 13.8. The van der Waals surface area contributed by atoms with Crippen molar-refractivity contribution in [3.8, 4) is 0 Å². The lowest BCUT2D eigenvalue weighted by Crippen LogP contribution is -2.46. The zero-order valence-electron chi connectivity index (χ0n) is 22.4. The largest absolute Gasteiger partial charge is 0.381 e. The van der Waals surface area contributed by atoms with Crippen molar-refractivity contribution in [2.45, 2.75) is 95.4 Å². The number of amides is 1. The van der Waals surface area contributed by atoms with Crippen LogP contribution in [-0.4, -0.2) is 61.1 Å². The molecule has 1 unspecified atom stereocenters. The predicted molar refractivity (Wildman–Crippen MR) is 143 cm³/mol. The van der Waals surface area contributed by atoms with Gasteiger partial charge in [-0.2, -0.15) is 0 Å². The molecule has 204 valence electrons. The summed E-state index contributed by atoms with van der Waals surface area (Å²) in [5.41, 5.74) is 3.28. The summed E-state index contributed by atoms with van der Waals surface area (Å²) in [6.07, 6.45) is 6.68. The Labute approximate surface area is 223 Å². The Kier molecular flexibility index (Phi) is 7.01. The van der Waals surface area contributed by atoms with E-state index in [1.807, 2.05) is 19.9 Å². The minimum absolute atomic E-state index is 0.00624. The minimum Gasteiger partial charge on any atom is -0.381 e. The number of carbonyl (C=O) groups is 1. The third-order valence-corrected chi connectivity index (χ3v) is 8.35. The Morgan fingerprint density at radius 3 is 2.61 bits per heavy atom. The molecule has 4 aliphatic rings. The maximum absolute atomic E-state index is 14.2. The minimum atomic E-state index is -0.574. The second kappa shape index (κ2) is 10.4. The molecule has 1 aromatic carbocycles. The molecule has 8 nitrogen and oxygen atoms in total. The van der Waals surface area contributed by atoms with E-state index in [0.717, 1.165) is 49.2 Å². The standard InChI is InChI=1S/C29H37FN4O4/c1-17(2)38-23-7-9-27(37-16-23)29(35)33-15-18-10-19(30)14-31-28(18)32-25-8-6-22(13-26(25)33)34-20-4-5-21(34)12-24(11-20)36-3/h6,8,10,13-14,17,20-21,23-24,27H,4-5,7,9,11-12,15-16H2,1-3H3,(H,31,32)/t20-,21+,23-,24?,27+/m0/s1. The van der Waals surface area contributed by atoms with Crippen LogP contribution in [0.3, 0.4) is 0 Å². The van der Waals surface area contributed by atoms with E-state index >= 15 is 0 Å². The third-order valence-electron chi connectivity index (χ3n) is 8.35. The van der Waals surface area contributed by atoms with Crippen LogP contribution >= 0.6 is 0 Å². The SMILES string of the molecule is COC1C[C@H]2CC[C@@H](C1)N2c1ccc2c(c1)N(C(=O)[C@H]1CC[C@H](OC(C)C)CO1)Cc1cc(F)cnc1N2. The fourth-order valence-electron chi connectivity index (χ4n) is 6.63. The van der Waals surface area contributed by atoms with E-state index in [2.05, 4.69) is 27.3 Å². The van der Waals surface area contributed by atoms with Gasteiger partial charge < -0.3 is 29.3 Å². The van der Waals surface area contributed by atoms with Crippen molar-refractivity contribution in [1.82, 2.24) is 4.98 Å². The molecule has 0 radical (unpaired) electrons. The number of halogens is 1.